The van der Waals surface area contributed by atoms with E-state index >= 15 is 0 Å². The molecule has 190 valence electrons. The second-order valence-corrected chi connectivity index (χ2v) is 9.52. The highest BCUT2D eigenvalue weighted by atomic mass is 35.5. The van der Waals surface area contributed by atoms with E-state index in [1.54, 1.807) is 30.3 Å². The van der Waals surface area contributed by atoms with Gasteiger partial charge in [-0.3, -0.25) is 9.59 Å². The molecule has 0 radical (unpaired) electrons. The maximum absolute atomic E-state index is 14.6. The fraction of sp³-hybridized carbons (Fsp3) is 0.310. The van der Waals surface area contributed by atoms with Crippen LogP contribution in [-0.4, -0.2) is 35.4 Å². The van der Waals surface area contributed by atoms with E-state index < -0.39 is 17.8 Å². The lowest BCUT2D eigenvalue weighted by molar-refractivity contribution is -0.143. The second kappa shape index (κ2) is 12.5. The summed E-state index contributed by atoms with van der Waals surface area (Å²) in [5.74, 6) is -0.678. The lowest BCUT2D eigenvalue weighted by Crippen LogP contribution is -2.53. The van der Waals surface area contributed by atoms with E-state index in [1.165, 1.54) is 11.0 Å². The summed E-state index contributed by atoms with van der Waals surface area (Å²) < 4.78 is 20.4. The molecule has 0 aromatic heterocycles. The van der Waals surface area contributed by atoms with Crippen molar-refractivity contribution in [3.05, 3.63) is 99.8 Å². The van der Waals surface area contributed by atoms with E-state index in [0.29, 0.717) is 16.3 Å². The van der Waals surface area contributed by atoms with Gasteiger partial charge in [-0.2, -0.15) is 0 Å². The van der Waals surface area contributed by atoms with Crippen LogP contribution in [0.5, 0.6) is 5.75 Å². The number of nitrogens with one attached hydrogen (secondary N) is 1. The fourth-order valence-corrected chi connectivity index (χ4v) is 4.07. The van der Waals surface area contributed by atoms with Crippen molar-refractivity contribution >= 4 is 23.4 Å². The predicted molar refractivity (Wildman–Crippen MR) is 141 cm³/mol. The van der Waals surface area contributed by atoms with E-state index in [1.807, 2.05) is 58.0 Å². The smallest absolute Gasteiger partial charge is 0.261 e. The molecule has 1 atom stereocenters. The molecular weight excluding hydrogens is 479 g/mol. The number of hydrogen-bond acceptors (Lipinski definition) is 3. The van der Waals surface area contributed by atoms with Crippen LogP contribution in [-0.2, 0) is 22.6 Å². The summed E-state index contributed by atoms with van der Waals surface area (Å²) in [5, 5.41) is 3.55. The van der Waals surface area contributed by atoms with Crippen LogP contribution >= 0.6 is 11.6 Å². The number of halogens is 2. The third kappa shape index (κ3) is 7.31. The summed E-state index contributed by atoms with van der Waals surface area (Å²) in [6, 6.07) is 18.2. The van der Waals surface area contributed by atoms with Gasteiger partial charge >= 0.3 is 0 Å². The third-order valence-corrected chi connectivity index (χ3v) is 6.37. The van der Waals surface area contributed by atoms with Gasteiger partial charge in [0.1, 0.15) is 17.6 Å². The lowest BCUT2D eigenvalue weighted by Gasteiger charge is -2.32. The van der Waals surface area contributed by atoms with Crippen molar-refractivity contribution < 1.29 is 18.7 Å². The molecule has 0 bridgehead atoms. The quantitative estimate of drug-likeness (QED) is 0.384. The summed E-state index contributed by atoms with van der Waals surface area (Å²) in [4.78, 5) is 28.3. The van der Waals surface area contributed by atoms with Crippen LogP contribution in [0.25, 0.3) is 0 Å². The van der Waals surface area contributed by atoms with Gasteiger partial charge in [0.2, 0.25) is 5.91 Å². The van der Waals surface area contributed by atoms with Gasteiger partial charge in [0.15, 0.2) is 6.61 Å². The van der Waals surface area contributed by atoms with E-state index in [9.17, 15) is 14.0 Å². The summed E-state index contributed by atoms with van der Waals surface area (Å²) in [5.41, 5.74) is 2.87. The first-order valence-electron chi connectivity index (χ1n) is 11.9. The number of ether oxygens (including phenoxy) is 1. The summed E-state index contributed by atoms with van der Waals surface area (Å²) >= 11 is 6.25. The number of rotatable bonds is 10. The van der Waals surface area contributed by atoms with E-state index in [4.69, 9.17) is 16.3 Å². The SMILES string of the molecule is Cc1cc(OCC(=O)N(Cc2ccccc2F)[C@H](Cc2ccccc2)C(=O)NC(C)C)cc(C)c1Cl. The molecule has 2 amide bonds. The molecule has 0 fully saturated rings. The maximum Gasteiger partial charge on any atom is 0.261 e. The Labute approximate surface area is 217 Å². The Morgan fingerprint density at radius 2 is 1.61 bits per heavy atom. The molecule has 5 nitrogen and oxygen atoms in total. The Morgan fingerprint density at radius 3 is 2.22 bits per heavy atom. The molecule has 0 saturated heterocycles. The molecule has 0 unspecified atom stereocenters. The van der Waals surface area contributed by atoms with E-state index in [-0.39, 0.29) is 31.5 Å². The zero-order valence-corrected chi connectivity index (χ0v) is 21.8. The van der Waals surface area contributed by atoms with Gasteiger partial charge in [0.25, 0.3) is 5.91 Å². The van der Waals surface area contributed by atoms with Gasteiger partial charge in [-0.1, -0.05) is 60.1 Å². The minimum atomic E-state index is -0.862. The molecule has 0 heterocycles. The van der Waals surface area contributed by atoms with Gasteiger partial charge in [0, 0.05) is 29.6 Å². The van der Waals surface area contributed by atoms with Gasteiger partial charge in [-0.15, -0.1) is 0 Å². The minimum absolute atomic E-state index is 0.0729. The average molecular weight is 511 g/mol. The standard InChI is InChI=1S/C29H32ClFN2O3/c1-19(2)32-29(35)26(16-22-10-6-5-7-11-22)33(17-23-12-8-9-13-25(23)31)27(34)18-36-24-14-20(3)28(30)21(4)15-24/h5-15,19,26H,16-18H2,1-4H3,(H,32,35)/t26-/m1/s1. The Balaban J connectivity index is 1.93. The van der Waals surface area contributed by atoms with Crippen molar-refractivity contribution in [3.8, 4) is 5.75 Å². The van der Waals surface area contributed by atoms with Gasteiger partial charge in [-0.25, -0.2) is 4.39 Å². The molecule has 0 aliphatic heterocycles. The molecule has 7 heteroatoms. The van der Waals surface area contributed by atoms with Crippen molar-refractivity contribution in [3.63, 3.8) is 0 Å². The molecule has 1 N–H and O–H groups in total. The maximum atomic E-state index is 14.6. The number of hydrogen-bond donors (Lipinski definition) is 1. The van der Waals surface area contributed by atoms with Crippen LogP contribution in [0.4, 0.5) is 4.39 Å². The molecule has 0 saturated carbocycles. The summed E-state index contributed by atoms with van der Waals surface area (Å²) in [6.45, 7) is 7.05. The Kier molecular flexibility index (Phi) is 9.48. The van der Waals surface area contributed by atoms with E-state index in [0.717, 1.165) is 16.7 Å². The highest BCUT2D eigenvalue weighted by molar-refractivity contribution is 6.32. The second-order valence-electron chi connectivity index (χ2n) is 9.14. The third-order valence-electron chi connectivity index (χ3n) is 5.77. The summed E-state index contributed by atoms with van der Waals surface area (Å²) in [7, 11) is 0. The van der Waals surface area contributed by atoms with Crippen LogP contribution in [0.2, 0.25) is 5.02 Å². The lowest BCUT2D eigenvalue weighted by atomic mass is 10.0. The van der Waals surface area contributed by atoms with Crippen molar-refractivity contribution in [2.24, 2.45) is 0 Å². The van der Waals surface area contributed by atoms with Crippen molar-refractivity contribution in [2.45, 2.75) is 52.7 Å². The molecule has 3 aromatic rings. The normalized spacial score (nSPS) is 11.8. The largest absolute Gasteiger partial charge is 0.484 e. The fourth-order valence-electron chi connectivity index (χ4n) is 3.96. The molecule has 3 aromatic carbocycles. The monoisotopic (exact) mass is 510 g/mol. The first-order valence-corrected chi connectivity index (χ1v) is 12.3. The molecule has 0 aliphatic rings. The predicted octanol–water partition coefficient (Wildman–Crippen LogP) is 5.64. The van der Waals surface area contributed by atoms with E-state index in [2.05, 4.69) is 5.32 Å². The average Bonchev–Trinajstić information content (AvgIpc) is 2.84. The van der Waals surface area contributed by atoms with Gasteiger partial charge < -0.3 is 15.0 Å². The molecule has 0 aliphatic carbocycles. The van der Waals surface area contributed by atoms with Crippen molar-refractivity contribution in [1.82, 2.24) is 10.2 Å². The van der Waals surface area contributed by atoms with Gasteiger partial charge in [0.05, 0.1) is 0 Å². The number of benzene rings is 3. The van der Waals surface area contributed by atoms with Gasteiger partial charge in [-0.05, 0) is 62.6 Å². The Hall–Kier alpha value is -3.38. The summed E-state index contributed by atoms with van der Waals surface area (Å²) in [6.07, 6.45) is 0.277. The minimum Gasteiger partial charge on any atom is -0.484 e. The number of carbonyl (C=O) groups excluding carboxylic acids is 2. The van der Waals surface area contributed by atoms with Crippen molar-refractivity contribution in [1.29, 1.82) is 0 Å². The zero-order valence-electron chi connectivity index (χ0n) is 21.1. The Bertz CT molecular complexity index is 1180. The van der Waals surface area contributed by atoms with Crippen LogP contribution < -0.4 is 10.1 Å². The zero-order chi connectivity index (χ0) is 26.2. The van der Waals surface area contributed by atoms with Crippen molar-refractivity contribution in [2.75, 3.05) is 6.61 Å². The molecular formula is C29H32ClFN2O3. The highest BCUT2D eigenvalue weighted by Crippen LogP contribution is 2.26. The molecule has 3 rings (SSSR count). The number of carbonyl (C=O) groups is 2. The van der Waals surface area contributed by atoms with Crippen LogP contribution in [0.1, 0.15) is 36.1 Å². The first-order chi connectivity index (χ1) is 17.2. The highest BCUT2D eigenvalue weighted by Gasteiger charge is 2.31. The number of aryl methyl sites for hydroxylation is 2. The molecule has 36 heavy (non-hydrogen) atoms. The van der Waals surface area contributed by atoms with Crippen LogP contribution in [0, 0.1) is 19.7 Å². The Morgan fingerprint density at radius 1 is 1.00 bits per heavy atom. The van der Waals surface area contributed by atoms with Crippen LogP contribution in [0.15, 0.2) is 66.7 Å². The molecule has 0 spiro atoms. The van der Waals surface area contributed by atoms with Crippen LogP contribution in [0.3, 0.4) is 0 Å². The topological polar surface area (TPSA) is 58.6 Å². The first kappa shape index (κ1) is 27.2. The number of amides is 2. The number of nitrogens with zero attached hydrogens (tertiary/aromatic N) is 1.